The number of hydrogen-bond acceptors (Lipinski definition) is 15. The molecule has 0 saturated heterocycles. The first-order valence-corrected chi connectivity index (χ1v) is 28.3. The van der Waals surface area contributed by atoms with Gasteiger partial charge < -0.3 is 33.8 Å². The summed E-state index contributed by atoms with van der Waals surface area (Å²) in [7, 11) is -9.82. The third kappa shape index (κ3) is 42.2. The monoisotopic (exact) mass is 989 g/mol. The van der Waals surface area contributed by atoms with Gasteiger partial charge in [0.1, 0.15) is 19.3 Å². The number of phosphoric acid groups is 2. The Hall–Kier alpha value is -1.94. The van der Waals surface area contributed by atoms with Crippen LogP contribution in [0.1, 0.15) is 220 Å². The van der Waals surface area contributed by atoms with Crippen molar-refractivity contribution in [3.8, 4) is 0 Å². The Kier molecular flexibility index (Phi) is 41.8. The van der Waals surface area contributed by atoms with Crippen LogP contribution < -0.4 is 0 Å². The average Bonchev–Trinajstić information content (AvgIpc) is 3.28. The van der Waals surface area contributed by atoms with Crippen molar-refractivity contribution in [3.63, 3.8) is 0 Å². The molecule has 0 aliphatic heterocycles. The van der Waals surface area contributed by atoms with Crippen molar-refractivity contribution in [2.24, 2.45) is 0 Å². The van der Waals surface area contributed by atoms with Gasteiger partial charge in [0.2, 0.25) is 0 Å². The van der Waals surface area contributed by atoms with Crippen molar-refractivity contribution in [2.75, 3.05) is 39.6 Å². The fourth-order valence-electron chi connectivity index (χ4n) is 6.63. The summed E-state index contributed by atoms with van der Waals surface area (Å²) >= 11 is 0. The third-order valence-electron chi connectivity index (χ3n) is 10.6. The summed E-state index contributed by atoms with van der Waals surface area (Å²) in [4.78, 5) is 70.6. The van der Waals surface area contributed by atoms with Gasteiger partial charge in [-0.25, -0.2) is 9.13 Å². The number of rotatable bonds is 48. The largest absolute Gasteiger partial charge is 0.472 e. The normalized spacial score (nSPS) is 14.7. The summed E-state index contributed by atoms with van der Waals surface area (Å²) in [5.41, 5.74) is 0. The molecule has 0 heterocycles. The molecule has 0 spiro atoms. The Morgan fingerprint density at radius 3 is 0.909 bits per heavy atom. The quantitative estimate of drug-likeness (QED) is 0.0222. The Morgan fingerprint density at radius 1 is 0.364 bits per heavy atom. The molecule has 0 aromatic heterocycles. The topological polar surface area (TPSA) is 237 Å². The Labute approximate surface area is 397 Å². The molecule has 0 amide bonds. The highest BCUT2D eigenvalue weighted by atomic mass is 31.2. The van der Waals surface area contributed by atoms with Crippen molar-refractivity contribution >= 4 is 39.5 Å². The minimum absolute atomic E-state index is 0.0953. The molecule has 0 fully saturated rings. The molecule has 0 aliphatic rings. The van der Waals surface area contributed by atoms with E-state index in [0.29, 0.717) is 25.7 Å². The molecule has 0 aromatic rings. The smallest absolute Gasteiger partial charge is 0.462 e. The second-order valence-corrected chi connectivity index (χ2v) is 20.0. The van der Waals surface area contributed by atoms with Crippen LogP contribution in [0.2, 0.25) is 0 Å². The van der Waals surface area contributed by atoms with Crippen LogP contribution in [0, 0.1) is 0 Å². The standard InChI is InChI=1S/C47H90O17P2/c1-5-9-13-17-20-21-22-23-26-29-32-45(50)58-38-43(64-47(52)34-30-25-19-15-11-7-3)40-62-66(55,56)60-36-41(48)35-59-65(53,54)61-39-42(63-46(51)33-27-16-12-8-4)37-57-44(49)31-28-24-18-14-10-6-2/h41-43,48H,5-40H2,1-4H3,(H,53,54)(H,55,56)/t41-,42-,43-/m1/s1. The summed E-state index contributed by atoms with van der Waals surface area (Å²) in [6.07, 6.45) is 22.2. The van der Waals surface area contributed by atoms with Gasteiger partial charge >= 0.3 is 39.5 Å². The van der Waals surface area contributed by atoms with Gasteiger partial charge in [0.25, 0.3) is 0 Å². The van der Waals surface area contributed by atoms with Gasteiger partial charge in [-0.05, 0) is 25.7 Å². The highest BCUT2D eigenvalue weighted by Gasteiger charge is 2.30. The summed E-state index contributed by atoms with van der Waals surface area (Å²) in [6, 6.07) is 0. The zero-order chi connectivity index (χ0) is 49.2. The fraction of sp³-hybridized carbons (Fsp3) is 0.915. The van der Waals surface area contributed by atoms with Crippen LogP contribution in [-0.2, 0) is 65.4 Å². The predicted octanol–water partition coefficient (Wildman–Crippen LogP) is 11.3. The fourth-order valence-corrected chi connectivity index (χ4v) is 8.21. The molecule has 66 heavy (non-hydrogen) atoms. The van der Waals surface area contributed by atoms with Crippen molar-refractivity contribution in [1.82, 2.24) is 0 Å². The molecular weight excluding hydrogens is 898 g/mol. The van der Waals surface area contributed by atoms with E-state index in [1.165, 1.54) is 38.5 Å². The van der Waals surface area contributed by atoms with E-state index in [1.807, 2.05) is 6.92 Å². The van der Waals surface area contributed by atoms with Gasteiger partial charge in [-0.2, -0.15) is 0 Å². The van der Waals surface area contributed by atoms with Crippen LogP contribution in [-0.4, -0.2) is 96.7 Å². The van der Waals surface area contributed by atoms with Crippen LogP contribution in [0.15, 0.2) is 0 Å². The van der Waals surface area contributed by atoms with E-state index in [1.54, 1.807) is 0 Å². The van der Waals surface area contributed by atoms with Gasteiger partial charge in [-0.3, -0.25) is 37.3 Å². The number of carbonyl (C=O) groups excluding carboxylic acids is 4. The Morgan fingerprint density at radius 2 is 0.606 bits per heavy atom. The molecule has 3 N–H and O–H groups in total. The summed E-state index contributed by atoms with van der Waals surface area (Å²) < 4.78 is 66.6. The number of esters is 4. The molecule has 0 aliphatic carbocycles. The maximum Gasteiger partial charge on any atom is 0.472 e. The van der Waals surface area contributed by atoms with Crippen LogP contribution in [0.25, 0.3) is 0 Å². The van der Waals surface area contributed by atoms with Crippen molar-refractivity contribution in [3.05, 3.63) is 0 Å². The van der Waals surface area contributed by atoms with E-state index in [4.69, 9.17) is 37.0 Å². The molecular formula is C47H90O17P2. The predicted molar refractivity (Wildman–Crippen MR) is 252 cm³/mol. The molecule has 0 radical (unpaired) electrons. The molecule has 17 nitrogen and oxygen atoms in total. The van der Waals surface area contributed by atoms with Gasteiger partial charge in [-0.15, -0.1) is 0 Å². The highest BCUT2D eigenvalue weighted by Crippen LogP contribution is 2.45. The number of unbranched alkanes of at least 4 members (excludes halogenated alkanes) is 22. The lowest BCUT2D eigenvalue weighted by Crippen LogP contribution is -2.30. The minimum Gasteiger partial charge on any atom is -0.462 e. The zero-order valence-electron chi connectivity index (χ0n) is 41.1. The third-order valence-corrected chi connectivity index (χ3v) is 12.5. The second-order valence-electron chi connectivity index (χ2n) is 17.1. The number of aliphatic hydroxyl groups is 1. The minimum atomic E-state index is -4.91. The van der Waals surface area contributed by atoms with Crippen LogP contribution in [0.3, 0.4) is 0 Å². The summed E-state index contributed by atoms with van der Waals surface area (Å²) in [5.74, 6) is -2.19. The number of phosphoric ester groups is 2. The molecule has 5 atom stereocenters. The first kappa shape index (κ1) is 64.1. The molecule has 0 saturated carbocycles. The van der Waals surface area contributed by atoms with Gasteiger partial charge in [0.05, 0.1) is 26.4 Å². The maximum absolute atomic E-state index is 12.7. The van der Waals surface area contributed by atoms with E-state index in [-0.39, 0.29) is 25.7 Å². The van der Waals surface area contributed by atoms with Gasteiger partial charge in [-0.1, -0.05) is 169 Å². The van der Waals surface area contributed by atoms with Crippen LogP contribution in [0.4, 0.5) is 0 Å². The molecule has 0 bridgehead atoms. The van der Waals surface area contributed by atoms with E-state index in [2.05, 4.69) is 20.8 Å². The second kappa shape index (κ2) is 43.1. The first-order chi connectivity index (χ1) is 31.7. The van der Waals surface area contributed by atoms with Crippen LogP contribution >= 0.6 is 15.6 Å². The molecule has 390 valence electrons. The van der Waals surface area contributed by atoms with E-state index >= 15 is 0 Å². The zero-order valence-corrected chi connectivity index (χ0v) is 42.9. The Balaban J connectivity index is 5.08. The number of aliphatic hydroxyl groups excluding tert-OH is 1. The summed E-state index contributed by atoms with van der Waals surface area (Å²) in [6.45, 7) is 4.49. The first-order valence-electron chi connectivity index (χ1n) is 25.3. The SMILES string of the molecule is CCCCCCCCCCCCC(=O)OC[C@H](COP(=O)(O)OC[C@H](O)COP(=O)(O)OC[C@@H](COC(=O)CCCCCCCC)OC(=O)CCCCCC)OC(=O)CCCCCCCC. The van der Waals surface area contributed by atoms with E-state index in [0.717, 1.165) is 103 Å². The number of ether oxygens (including phenoxy) is 4. The highest BCUT2D eigenvalue weighted by molar-refractivity contribution is 7.47. The van der Waals surface area contributed by atoms with Gasteiger partial charge in [0, 0.05) is 25.7 Å². The maximum atomic E-state index is 12.7. The lowest BCUT2D eigenvalue weighted by Gasteiger charge is -2.21. The number of carbonyl (C=O) groups is 4. The average molecular weight is 989 g/mol. The molecule has 0 aromatic carbocycles. The Bertz CT molecular complexity index is 1320. The molecule has 0 rings (SSSR count). The lowest BCUT2D eigenvalue weighted by atomic mass is 10.1. The van der Waals surface area contributed by atoms with Crippen LogP contribution in [0.5, 0.6) is 0 Å². The molecule has 19 heteroatoms. The lowest BCUT2D eigenvalue weighted by molar-refractivity contribution is -0.161. The van der Waals surface area contributed by atoms with E-state index < -0.39 is 97.5 Å². The number of hydrogen-bond donors (Lipinski definition) is 3. The van der Waals surface area contributed by atoms with Crippen molar-refractivity contribution in [2.45, 2.75) is 239 Å². The van der Waals surface area contributed by atoms with E-state index in [9.17, 15) is 43.2 Å². The van der Waals surface area contributed by atoms with Gasteiger partial charge in [0.15, 0.2) is 12.2 Å². The molecule has 2 unspecified atom stereocenters. The van der Waals surface area contributed by atoms with Crippen molar-refractivity contribution in [1.29, 1.82) is 0 Å². The van der Waals surface area contributed by atoms with Crippen molar-refractivity contribution < 1.29 is 80.2 Å². The summed E-state index contributed by atoms with van der Waals surface area (Å²) in [5, 5.41) is 10.4.